The van der Waals surface area contributed by atoms with Crippen LogP contribution in [0.4, 0.5) is 0 Å². The van der Waals surface area contributed by atoms with Gasteiger partial charge in [0.2, 0.25) is 0 Å². The van der Waals surface area contributed by atoms with E-state index in [1.54, 1.807) is 6.92 Å². The fourth-order valence-electron chi connectivity index (χ4n) is 0.665. The molecule has 0 saturated carbocycles. The van der Waals surface area contributed by atoms with Crippen molar-refractivity contribution in [2.45, 2.75) is 6.92 Å². The molecular formula is C10H13ClO3. The second-order valence-electron chi connectivity index (χ2n) is 2.21. The minimum Gasteiger partial charge on any atom is -0.480 e. The number of halogens is 1. The number of esters is 1. The van der Waals surface area contributed by atoms with Crippen molar-refractivity contribution < 1.29 is 14.3 Å². The van der Waals surface area contributed by atoms with Crippen LogP contribution in [0.3, 0.4) is 0 Å². The molecule has 0 N–H and O–H groups in total. The standard InChI is InChI=1S/C10H13ClO3/c1-4-8(11)9(5-2)14-7-10(12)13-6-3/h4-5H,1-2,6-7H2,3H3/b9-8-. The Hall–Kier alpha value is -1.22. The second-order valence-corrected chi connectivity index (χ2v) is 2.62. The lowest BCUT2D eigenvalue weighted by atomic mass is 10.4. The minimum absolute atomic E-state index is 0.181. The average molecular weight is 217 g/mol. The maximum Gasteiger partial charge on any atom is 0.344 e. The maximum atomic E-state index is 10.9. The van der Waals surface area contributed by atoms with Crippen molar-refractivity contribution in [2.75, 3.05) is 13.2 Å². The number of carbonyl (C=O) groups is 1. The average Bonchev–Trinajstić information content (AvgIpc) is 2.18. The molecule has 0 rings (SSSR count). The molecular weight excluding hydrogens is 204 g/mol. The van der Waals surface area contributed by atoms with Gasteiger partial charge in [-0.15, -0.1) is 0 Å². The summed E-state index contributed by atoms with van der Waals surface area (Å²) in [5.74, 6) is -0.130. The zero-order chi connectivity index (χ0) is 11.0. The van der Waals surface area contributed by atoms with Crippen LogP contribution in [0, 0.1) is 0 Å². The first-order valence-corrected chi connectivity index (χ1v) is 4.46. The first-order valence-electron chi connectivity index (χ1n) is 4.08. The Balaban J connectivity index is 4.16. The van der Waals surface area contributed by atoms with Gasteiger partial charge in [-0.1, -0.05) is 24.8 Å². The summed E-state index contributed by atoms with van der Waals surface area (Å²) in [7, 11) is 0. The highest BCUT2D eigenvalue weighted by molar-refractivity contribution is 6.31. The summed E-state index contributed by atoms with van der Waals surface area (Å²) in [6.07, 6.45) is 2.81. The van der Waals surface area contributed by atoms with E-state index < -0.39 is 5.97 Å². The summed E-state index contributed by atoms with van der Waals surface area (Å²) < 4.78 is 9.70. The molecule has 0 fully saturated rings. The molecule has 4 heteroatoms. The van der Waals surface area contributed by atoms with Gasteiger partial charge in [0.15, 0.2) is 6.61 Å². The summed E-state index contributed by atoms with van der Waals surface area (Å²) in [5.41, 5.74) is 0. The Morgan fingerprint density at radius 1 is 1.36 bits per heavy atom. The molecule has 0 spiro atoms. The quantitative estimate of drug-likeness (QED) is 0.389. The van der Waals surface area contributed by atoms with Gasteiger partial charge < -0.3 is 9.47 Å². The number of allylic oxidation sites excluding steroid dienone is 3. The Morgan fingerprint density at radius 3 is 2.43 bits per heavy atom. The minimum atomic E-state index is -0.444. The van der Waals surface area contributed by atoms with E-state index in [2.05, 4.69) is 17.9 Å². The summed E-state index contributed by atoms with van der Waals surface area (Å²) in [4.78, 5) is 10.9. The molecule has 0 bridgehead atoms. The molecule has 0 aliphatic carbocycles. The lowest BCUT2D eigenvalue weighted by Crippen LogP contribution is -2.12. The summed E-state index contributed by atoms with van der Waals surface area (Å²) >= 11 is 5.71. The smallest absolute Gasteiger partial charge is 0.344 e. The van der Waals surface area contributed by atoms with E-state index >= 15 is 0 Å². The fraction of sp³-hybridized carbons (Fsp3) is 0.300. The van der Waals surface area contributed by atoms with Crippen molar-refractivity contribution in [3.63, 3.8) is 0 Å². The molecule has 0 atom stereocenters. The molecule has 78 valence electrons. The number of hydrogen-bond donors (Lipinski definition) is 0. The van der Waals surface area contributed by atoms with Gasteiger partial charge in [-0.3, -0.25) is 0 Å². The van der Waals surface area contributed by atoms with Crippen LogP contribution in [0.2, 0.25) is 0 Å². The van der Waals surface area contributed by atoms with Crippen molar-refractivity contribution in [1.82, 2.24) is 0 Å². The van der Waals surface area contributed by atoms with Gasteiger partial charge in [-0.05, 0) is 19.1 Å². The van der Waals surface area contributed by atoms with Crippen molar-refractivity contribution >= 4 is 17.6 Å². The van der Waals surface area contributed by atoms with Gasteiger partial charge in [-0.2, -0.15) is 0 Å². The van der Waals surface area contributed by atoms with Crippen LogP contribution in [-0.4, -0.2) is 19.2 Å². The molecule has 3 nitrogen and oxygen atoms in total. The predicted octanol–water partition coefficient (Wildman–Crippen LogP) is 2.39. The number of carbonyl (C=O) groups excluding carboxylic acids is 1. The molecule has 0 aromatic rings. The molecule has 0 heterocycles. The van der Waals surface area contributed by atoms with E-state index in [4.69, 9.17) is 16.3 Å². The zero-order valence-corrected chi connectivity index (χ0v) is 8.84. The Labute approximate surface area is 88.6 Å². The Morgan fingerprint density at radius 2 is 2.00 bits per heavy atom. The molecule has 0 aromatic heterocycles. The first-order chi connectivity index (χ1) is 6.65. The van der Waals surface area contributed by atoms with Crippen LogP contribution in [0.5, 0.6) is 0 Å². The van der Waals surface area contributed by atoms with Crippen molar-refractivity contribution in [3.8, 4) is 0 Å². The number of ether oxygens (including phenoxy) is 2. The van der Waals surface area contributed by atoms with Gasteiger partial charge in [0.05, 0.1) is 11.6 Å². The van der Waals surface area contributed by atoms with Gasteiger partial charge in [0, 0.05) is 0 Å². The first kappa shape index (κ1) is 12.8. The molecule has 0 aliphatic heterocycles. The number of rotatable bonds is 6. The second kappa shape index (κ2) is 7.21. The third-order valence-corrected chi connectivity index (χ3v) is 1.59. The van der Waals surface area contributed by atoms with Crippen LogP contribution < -0.4 is 0 Å². The van der Waals surface area contributed by atoms with Crippen LogP contribution in [0.1, 0.15) is 6.92 Å². The van der Waals surface area contributed by atoms with Crippen molar-refractivity contribution in [3.05, 3.63) is 36.1 Å². The van der Waals surface area contributed by atoms with Gasteiger partial charge in [-0.25, -0.2) is 4.79 Å². The summed E-state index contributed by atoms with van der Waals surface area (Å²) in [6.45, 7) is 8.81. The molecule has 0 saturated heterocycles. The van der Waals surface area contributed by atoms with Crippen LogP contribution >= 0.6 is 11.6 Å². The van der Waals surface area contributed by atoms with E-state index in [-0.39, 0.29) is 6.61 Å². The van der Waals surface area contributed by atoms with E-state index in [0.29, 0.717) is 17.4 Å². The molecule has 0 unspecified atom stereocenters. The third-order valence-electron chi connectivity index (χ3n) is 1.25. The molecule has 0 radical (unpaired) electrons. The van der Waals surface area contributed by atoms with Crippen LogP contribution in [0.15, 0.2) is 36.1 Å². The summed E-state index contributed by atoms with van der Waals surface area (Å²) in [6, 6.07) is 0. The van der Waals surface area contributed by atoms with E-state index in [1.165, 1.54) is 12.2 Å². The third kappa shape index (κ3) is 4.72. The number of hydrogen-bond acceptors (Lipinski definition) is 3. The normalized spacial score (nSPS) is 11.3. The Bertz CT molecular complexity index is 256. The largest absolute Gasteiger partial charge is 0.480 e. The van der Waals surface area contributed by atoms with E-state index in [9.17, 15) is 4.79 Å². The fourth-order valence-corrected chi connectivity index (χ4v) is 0.797. The van der Waals surface area contributed by atoms with Gasteiger partial charge >= 0.3 is 5.97 Å². The van der Waals surface area contributed by atoms with Crippen LogP contribution in [0.25, 0.3) is 0 Å². The summed E-state index contributed by atoms with van der Waals surface area (Å²) in [5, 5.41) is 0.310. The SMILES string of the molecule is C=C/C(Cl)=C(\C=C)OCC(=O)OCC. The lowest BCUT2D eigenvalue weighted by molar-refractivity contribution is -0.146. The van der Waals surface area contributed by atoms with Crippen molar-refractivity contribution in [2.24, 2.45) is 0 Å². The molecule has 0 aromatic carbocycles. The Kier molecular flexibility index (Phi) is 6.58. The monoisotopic (exact) mass is 216 g/mol. The molecule has 0 aliphatic rings. The van der Waals surface area contributed by atoms with Crippen molar-refractivity contribution in [1.29, 1.82) is 0 Å². The maximum absolute atomic E-state index is 10.9. The highest BCUT2D eigenvalue weighted by Crippen LogP contribution is 2.12. The molecule has 14 heavy (non-hydrogen) atoms. The van der Waals surface area contributed by atoms with Gasteiger partial charge in [0.25, 0.3) is 0 Å². The highest BCUT2D eigenvalue weighted by Gasteiger charge is 2.04. The molecule has 0 amide bonds. The topological polar surface area (TPSA) is 35.5 Å². The zero-order valence-electron chi connectivity index (χ0n) is 8.09. The van der Waals surface area contributed by atoms with Gasteiger partial charge in [0.1, 0.15) is 5.76 Å². The highest BCUT2D eigenvalue weighted by atomic mass is 35.5. The van der Waals surface area contributed by atoms with E-state index in [1.807, 2.05) is 0 Å². The van der Waals surface area contributed by atoms with E-state index in [0.717, 1.165) is 0 Å². The predicted molar refractivity (Wildman–Crippen MR) is 55.9 cm³/mol. The lowest BCUT2D eigenvalue weighted by Gasteiger charge is -2.06. The van der Waals surface area contributed by atoms with Crippen LogP contribution in [-0.2, 0) is 14.3 Å².